The molecule has 1 unspecified atom stereocenters. The van der Waals surface area contributed by atoms with Crippen LogP contribution in [0.3, 0.4) is 0 Å². The summed E-state index contributed by atoms with van der Waals surface area (Å²) in [6.45, 7) is 4.33. The summed E-state index contributed by atoms with van der Waals surface area (Å²) in [7, 11) is 0. The van der Waals surface area contributed by atoms with E-state index in [9.17, 15) is 9.59 Å². The lowest BCUT2D eigenvalue weighted by molar-refractivity contribution is -0.182. The number of aliphatic carboxylic acids is 1. The predicted molar refractivity (Wildman–Crippen MR) is 60.6 cm³/mol. The van der Waals surface area contributed by atoms with Crippen molar-refractivity contribution >= 4 is 11.8 Å². The molecule has 0 amide bonds. The molecule has 1 aliphatic heterocycles. The molecule has 0 aromatic carbocycles. The number of carbonyl (C=O) groups excluding carboxylic acids is 1. The summed E-state index contributed by atoms with van der Waals surface area (Å²) in [5, 5.41) is 8.82. The third kappa shape index (κ3) is 4.44. The molecule has 1 fully saturated rings. The van der Waals surface area contributed by atoms with Crippen molar-refractivity contribution in [3.63, 3.8) is 0 Å². The Kier molecular flexibility index (Phi) is 5.08. The number of hydrogen-bond donors (Lipinski definition) is 1. The Morgan fingerprint density at radius 2 is 1.94 bits per heavy atom. The van der Waals surface area contributed by atoms with Crippen LogP contribution in [0.15, 0.2) is 0 Å². The third-order valence-corrected chi connectivity index (χ3v) is 3.12. The summed E-state index contributed by atoms with van der Waals surface area (Å²) in [5.74, 6) is -1.72. The molecule has 0 radical (unpaired) electrons. The van der Waals surface area contributed by atoms with Crippen LogP contribution in [-0.4, -0.2) is 35.9 Å². The maximum Gasteiger partial charge on any atom is 0.308 e. The molecule has 5 heteroatoms. The highest BCUT2D eigenvalue weighted by Gasteiger charge is 2.38. The van der Waals surface area contributed by atoms with E-state index in [4.69, 9.17) is 14.6 Å². The first-order chi connectivity index (χ1) is 7.95. The van der Waals surface area contributed by atoms with Gasteiger partial charge in [0.05, 0.1) is 19.6 Å². The lowest BCUT2D eigenvalue weighted by Crippen LogP contribution is -2.33. The van der Waals surface area contributed by atoms with Gasteiger partial charge in [0.15, 0.2) is 5.79 Å². The van der Waals surface area contributed by atoms with E-state index in [1.807, 2.05) is 6.92 Å². The Morgan fingerprint density at radius 1 is 1.35 bits per heavy atom. The molecule has 0 saturated carbocycles. The molecule has 0 spiro atoms. The van der Waals surface area contributed by atoms with Gasteiger partial charge in [-0.3, -0.25) is 9.59 Å². The molecule has 0 bridgehead atoms. The molecule has 5 nitrogen and oxygen atoms in total. The zero-order valence-corrected chi connectivity index (χ0v) is 10.4. The molecule has 1 N–H and O–H groups in total. The number of carboxylic acids is 1. The Bertz CT molecular complexity index is 281. The van der Waals surface area contributed by atoms with Gasteiger partial charge in [-0.2, -0.15) is 0 Å². The van der Waals surface area contributed by atoms with Crippen LogP contribution in [0.5, 0.6) is 0 Å². The summed E-state index contributed by atoms with van der Waals surface area (Å²) in [5.41, 5.74) is 0. The topological polar surface area (TPSA) is 72.8 Å². The molecule has 17 heavy (non-hydrogen) atoms. The molecule has 0 aliphatic carbocycles. The van der Waals surface area contributed by atoms with Crippen molar-refractivity contribution in [1.82, 2.24) is 0 Å². The number of carbonyl (C=O) groups is 2. The number of rotatable bonds is 7. The highest BCUT2D eigenvalue weighted by Crippen LogP contribution is 2.30. The van der Waals surface area contributed by atoms with Gasteiger partial charge in [-0.1, -0.05) is 6.92 Å². The molecule has 1 atom stereocenters. The maximum atomic E-state index is 11.1. The van der Waals surface area contributed by atoms with Gasteiger partial charge in [0.1, 0.15) is 5.78 Å². The number of Topliss-reactive ketones (excluding diaryl/α,β-unsaturated/α-hetero) is 1. The summed E-state index contributed by atoms with van der Waals surface area (Å²) in [6, 6.07) is 0. The van der Waals surface area contributed by atoms with E-state index in [0.29, 0.717) is 19.6 Å². The SMILES string of the molecule is CC(=O)C(C)CCCC1(CC(=O)O)OCCO1. The van der Waals surface area contributed by atoms with Crippen LogP contribution in [-0.2, 0) is 19.1 Å². The highest BCUT2D eigenvalue weighted by atomic mass is 16.7. The Balaban J connectivity index is 2.40. The van der Waals surface area contributed by atoms with Crippen molar-refractivity contribution in [2.75, 3.05) is 13.2 Å². The van der Waals surface area contributed by atoms with E-state index in [-0.39, 0.29) is 18.1 Å². The van der Waals surface area contributed by atoms with Crippen LogP contribution in [0.2, 0.25) is 0 Å². The van der Waals surface area contributed by atoms with Gasteiger partial charge in [-0.05, 0) is 19.8 Å². The number of carboxylic acid groups (broad SMARTS) is 1. The van der Waals surface area contributed by atoms with Crippen LogP contribution in [0.25, 0.3) is 0 Å². The molecule has 1 saturated heterocycles. The van der Waals surface area contributed by atoms with E-state index < -0.39 is 11.8 Å². The van der Waals surface area contributed by atoms with Gasteiger partial charge in [0.2, 0.25) is 0 Å². The molecule has 0 aromatic heterocycles. The molecule has 1 rings (SSSR count). The van der Waals surface area contributed by atoms with Crippen LogP contribution >= 0.6 is 0 Å². The monoisotopic (exact) mass is 244 g/mol. The Labute approximate surface area is 101 Å². The van der Waals surface area contributed by atoms with Gasteiger partial charge in [-0.15, -0.1) is 0 Å². The lowest BCUT2D eigenvalue weighted by Gasteiger charge is -2.25. The van der Waals surface area contributed by atoms with Crippen LogP contribution in [0.4, 0.5) is 0 Å². The maximum absolute atomic E-state index is 11.1. The van der Waals surface area contributed by atoms with E-state index in [0.717, 1.165) is 12.8 Å². The largest absolute Gasteiger partial charge is 0.481 e. The van der Waals surface area contributed by atoms with Gasteiger partial charge in [-0.25, -0.2) is 0 Å². The van der Waals surface area contributed by atoms with Crippen molar-refractivity contribution in [2.45, 2.75) is 45.3 Å². The van der Waals surface area contributed by atoms with Gasteiger partial charge in [0, 0.05) is 12.3 Å². The number of ether oxygens (including phenoxy) is 2. The zero-order chi connectivity index (χ0) is 12.9. The van der Waals surface area contributed by atoms with E-state index in [1.165, 1.54) is 0 Å². The van der Waals surface area contributed by atoms with Crippen LogP contribution in [0.1, 0.15) is 39.5 Å². The summed E-state index contributed by atoms with van der Waals surface area (Å²) in [6.07, 6.45) is 1.86. The fourth-order valence-corrected chi connectivity index (χ4v) is 1.94. The average molecular weight is 244 g/mol. The summed E-state index contributed by atoms with van der Waals surface area (Å²) in [4.78, 5) is 21.8. The third-order valence-electron chi connectivity index (χ3n) is 3.12. The second-order valence-electron chi connectivity index (χ2n) is 4.58. The molecule has 1 aliphatic rings. The number of hydrogen-bond acceptors (Lipinski definition) is 4. The fourth-order valence-electron chi connectivity index (χ4n) is 1.94. The standard InChI is InChI=1S/C12H20O5/c1-9(10(2)13)4-3-5-12(8-11(14)15)16-6-7-17-12/h9H,3-8H2,1-2H3,(H,14,15). The van der Waals surface area contributed by atoms with Crippen LogP contribution in [0, 0.1) is 5.92 Å². The molecule has 0 aromatic rings. The highest BCUT2D eigenvalue weighted by molar-refractivity contribution is 5.77. The molecule has 1 heterocycles. The van der Waals surface area contributed by atoms with Crippen molar-refractivity contribution in [3.05, 3.63) is 0 Å². The van der Waals surface area contributed by atoms with Gasteiger partial charge in [0.25, 0.3) is 0 Å². The fraction of sp³-hybridized carbons (Fsp3) is 0.833. The minimum atomic E-state index is -0.970. The first-order valence-corrected chi connectivity index (χ1v) is 5.95. The van der Waals surface area contributed by atoms with Gasteiger partial charge < -0.3 is 14.6 Å². The van der Waals surface area contributed by atoms with E-state index in [2.05, 4.69) is 0 Å². The molecule has 98 valence electrons. The lowest BCUT2D eigenvalue weighted by atomic mass is 9.97. The molecular weight excluding hydrogens is 224 g/mol. The van der Waals surface area contributed by atoms with Crippen molar-refractivity contribution in [3.8, 4) is 0 Å². The molecular formula is C12H20O5. The first kappa shape index (κ1) is 14.1. The second kappa shape index (κ2) is 6.12. The van der Waals surface area contributed by atoms with Gasteiger partial charge >= 0.3 is 5.97 Å². The van der Waals surface area contributed by atoms with Crippen molar-refractivity contribution in [1.29, 1.82) is 0 Å². The number of ketones is 1. The predicted octanol–water partition coefficient (Wildman–Crippen LogP) is 1.60. The van der Waals surface area contributed by atoms with E-state index in [1.54, 1.807) is 6.92 Å². The Hall–Kier alpha value is -0.940. The first-order valence-electron chi connectivity index (χ1n) is 5.95. The van der Waals surface area contributed by atoms with Crippen molar-refractivity contribution in [2.24, 2.45) is 5.92 Å². The van der Waals surface area contributed by atoms with Crippen LogP contribution < -0.4 is 0 Å². The summed E-state index contributed by atoms with van der Waals surface area (Å²) >= 11 is 0. The van der Waals surface area contributed by atoms with E-state index >= 15 is 0 Å². The zero-order valence-electron chi connectivity index (χ0n) is 10.4. The smallest absolute Gasteiger partial charge is 0.308 e. The average Bonchev–Trinajstić information content (AvgIpc) is 2.65. The second-order valence-corrected chi connectivity index (χ2v) is 4.58. The summed E-state index contributed by atoms with van der Waals surface area (Å²) < 4.78 is 10.8. The quantitative estimate of drug-likeness (QED) is 0.736. The minimum absolute atomic E-state index is 0.0123. The normalized spacial score (nSPS) is 20.1. The minimum Gasteiger partial charge on any atom is -0.481 e. The Morgan fingerprint density at radius 3 is 2.41 bits per heavy atom. The van der Waals surface area contributed by atoms with Crippen molar-refractivity contribution < 1.29 is 24.2 Å².